The standard InChI is InChI=1S/C29H31NO8/c1-6-35-29(31)17-7-9-19(10-8-17)30-28-16(2)26(18-11-24(32-3)27(34-5)25(12-18)33-4)20-13-22-23(37-15-36-22)14-21(20)38-28/h7-14,16,26,28,30H,6,15H2,1-5H3/t16-,26+,28-/m0/s1. The van der Waals surface area contributed by atoms with Gasteiger partial charge >= 0.3 is 5.97 Å². The fourth-order valence-electron chi connectivity index (χ4n) is 4.99. The van der Waals surface area contributed by atoms with E-state index in [1.807, 2.05) is 36.4 Å². The van der Waals surface area contributed by atoms with Crippen molar-refractivity contribution in [3.63, 3.8) is 0 Å². The van der Waals surface area contributed by atoms with Gasteiger partial charge in [0.05, 0.1) is 33.5 Å². The SMILES string of the molecule is CCOC(=O)c1ccc(N[C@H]2Oc3cc4c(cc3[C@@H](c3cc(OC)c(OC)c(OC)c3)[C@@H]2C)OCO4)cc1. The monoisotopic (exact) mass is 521 g/mol. The van der Waals surface area contributed by atoms with Crippen molar-refractivity contribution in [2.45, 2.75) is 26.0 Å². The number of anilines is 1. The Morgan fingerprint density at radius 2 is 1.58 bits per heavy atom. The topological polar surface area (TPSA) is 93.7 Å². The lowest BCUT2D eigenvalue weighted by Crippen LogP contribution is -2.40. The number of esters is 1. The maximum Gasteiger partial charge on any atom is 0.338 e. The Bertz CT molecular complexity index is 1300. The zero-order valence-corrected chi connectivity index (χ0v) is 22.0. The van der Waals surface area contributed by atoms with Crippen LogP contribution in [0.1, 0.15) is 41.3 Å². The van der Waals surface area contributed by atoms with Crippen molar-refractivity contribution in [1.29, 1.82) is 0 Å². The van der Waals surface area contributed by atoms with Crippen LogP contribution in [-0.2, 0) is 4.74 Å². The van der Waals surface area contributed by atoms with E-state index in [1.54, 1.807) is 40.4 Å². The molecule has 0 radical (unpaired) electrons. The third-order valence-corrected chi connectivity index (χ3v) is 6.85. The third kappa shape index (κ3) is 4.60. The van der Waals surface area contributed by atoms with Gasteiger partial charge in [-0.2, -0.15) is 0 Å². The molecule has 0 aromatic heterocycles. The zero-order valence-electron chi connectivity index (χ0n) is 22.0. The van der Waals surface area contributed by atoms with Crippen LogP contribution in [0.15, 0.2) is 48.5 Å². The molecule has 0 bridgehead atoms. The molecule has 38 heavy (non-hydrogen) atoms. The Morgan fingerprint density at radius 1 is 0.921 bits per heavy atom. The second kappa shape index (κ2) is 10.6. The molecule has 3 aromatic carbocycles. The fraction of sp³-hybridized carbons (Fsp3) is 0.345. The van der Waals surface area contributed by atoms with E-state index in [-0.39, 0.29) is 24.6 Å². The summed E-state index contributed by atoms with van der Waals surface area (Å²) in [6.45, 7) is 4.39. The summed E-state index contributed by atoms with van der Waals surface area (Å²) in [5.41, 5.74) is 3.23. The smallest absolute Gasteiger partial charge is 0.338 e. The summed E-state index contributed by atoms with van der Waals surface area (Å²) >= 11 is 0. The lowest BCUT2D eigenvalue weighted by atomic mass is 9.78. The molecule has 200 valence electrons. The number of methoxy groups -OCH3 is 3. The Balaban J connectivity index is 1.54. The molecule has 5 rings (SSSR count). The van der Waals surface area contributed by atoms with E-state index in [2.05, 4.69) is 12.2 Å². The van der Waals surface area contributed by atoms with Crippen LogP contribution in [0, 0.1) is 5.92 Å². The van der Waals surface area contributed by atoms with Gasteiger partial charge in [-0.25, -0.2) is 4.79 Å². The van der Waals surface area contributed by atoms with Gasteiger partial charge in [-0.05, 0) is 55.0 Å². The van der Waals surface area contributed by atoms with Crippen molar-refractivity contribution in [3.8, 4) is 34.5 Å². The lowest BCUT2D eigenvalue weighted by Gasteiger charge is -2.39. The van der Waals surface area contributed by atoms with Crippen molar-refractivity contribution in [2.75, 3.05) is 40.0 Å². The molecule has 0 fully saturated rings. The first-order valence-electron chi connectivity index (χ1n) is 12.4. The summed E-state index contributed by atoms with van der Waals surface area (Å²) < 4.78 is 39.7. The molecule has 0 amide bonds. The fourth-order valence-corrected chi connectivity index (χ4v) is 4.99. The summed E-state index contributed by atoms with van der Waals surface area (Å²) in [5, 5.41) is 3.48. The zero-order chi connectivity index (χ0) is 26.8. The number of benzene rings is 3. The van der Waals surface area contributed by atoms with Gasteiger partial charge in [-0.1, -0.05) is 6.92 Å². The van der Waals surface area contributed by atoms with E-state index in [1.165, 1.54) is 0 Å². The highest BCUT2D eigenvalue weighted by Gasteiger charge is 2.39. The van der Waals surface area contributed by atoms with Gasteiger partial charge in [0.2, 0.25) is 12.5 Å². The quantitative estimate of drug-likeness (QED) is 0.401. The minimum Gasteiger partial charge on any atom is -0.493 e. The van der Waals surface area contributed by atoms with Crippen molar-refractivity contribution >= 4 is 11.7 Å². The van der Waals surface area contributed by atoms with Crippen LogP contribution in [0.25, 0.3) is 0 Å². The number of hydrogen-bond acceptors (Lipinski definition) is 9. The Kier molecular flexibility index (Phi) is 7.09. The van der Waals surface area contributed by atoms with Gasteiger partial charge in [0.25, 0.3) is 0 Å². The second-order valence-corrected chi connectivity index (χ2v) is 9.02. The molecule has 9 heteroatoms. The van der Waals surface area contributed by atoms with Crippen molar-refractivity contribution in [2.24, 2.45) is 5.92 Å². The maximum atomic E-state index is 12.1. The first kappa shape index (κ1) is 25.4. The Labute approximate surface area is 221 Å². The molecule has 9 nitrogen and oxygen atoms in total. The van der Waals surface area contributed by atoms with Gasteiger partial charge in [0, 0.05) is 29.2 Å². The number of nitrogens with one attached hydrogen (secondary N) is 1. The predicted octanol–water partition coefficient (Wildman–Crippen LogP) is 5.22. The van der Waals surface area contributed by atoms with Crippen molar-refractivity contribution < 1.29 is 38.0 Å². The van der Waals surface area contributed by atoms with E-state index in [0.29, 0.717) is 46.7 Å². The minimum atomic E-state index is -0.402. The van der Waals surface area contributed by atoms with Gasteiger partial charge < -0.3 is 38.5 Å². The molecule has 3 atom stereocenters. The van der Waals surface area contributed by atoms with Gasteiger partial charge in [0.1, 0.15) is 5.75 Å². The number of fused-ring (bicyclic) bond motifs is 2. The molecule has 3 aromatic rings. The van der Waals surface area contributed by atoms with Crippen LogP contribution in [0.4, 0.5) is 5.69 Å². The van der Waals surface area contributed by atoms with Crippen LogP contribution in [0.5, 0.6) is 34.5 Å². The minimum absolute atomic E-state index is 0.0459. The van der Waals surface area contributed by atoms with Gasteiger partial charge in [-0.3, -0.25) is 0 Å². The summed E-state index contributed by atoms with van der Waals surface area (Å²) in [6.07, 6.45) is -0.402. The largest absolute Gasteiger partial charge is 0.493 e. The highest BCUT2D eigenvalue weighted by Crippen LogP contribution is 2.51. The van der Waals surface area contributed by atoms with E-state index in [9.17, 15) is 4.79 Å². The average molecular weight is 522 g/mol. The number of hydrogen-bond donors (Lipinski definition) is 1. The van der Waals surface area contributed by atoms with Crippen LogP contribution in [0.3, 0.4) is 0 Å². The molecule has 2 aliphatic rings. The molecule has 0 unspecified atom stereocenters. The molecule has 0 saturated carbocycles. The number of ether oxygens (including phenoxy) is 7. The van der Waals surface area contributed by atoms with Crippen molar-refractivity contribution in [3.05, 3.63) is 65.2 Å². The highest BCUT2D eigenvalue weighted by atomic mass is 16.7. The van der Waals surface area contributed by atoms with Crippen molar-refractivity contribution in [1.82, 2.24) is 0 Å². The third-order valence-electron chi connectivity index (χ3n) is 6.85. The van der Waals surface area contributed by atoms with Crippen LogP contribution in [0.2, 0.25) is 0 Å². The maximum absolute atomic E-state index is 12.1. The summed E-state index contributed by atoms with van der Waals surface area (Å²) in [5.74, 6) is 3.16. The molecular formula is C29H31NO8. The summed E-state index contributed by atoms with van der Waals surface area (Å²) in [4.78, 5) is 12.1. The molecule has 0 saturated heterocycles. The Hall–Kier alpha value is -4.27. The van der Waals surface area contributed by atoms with Crippen LogP contribution >= 0.6 is 0 Å². The molecule has 2 heterocycles. The van der Waals surface area contributed by atoms with E-state index in [0.717, 1.165) is 16.8 Å². The van der Waals surface area contributed by atoms with E-state index in [4.69, 9.17) is 33.2 Å². The Morgan fingerprint density at radius 3 is 2.18 bits per heavy atom. The number of rotatable bonds is 8. The summed E-state index contributed by atoms with van der Waals surface area (Å²) in [6, 6.07) is 14.9. The lowest BCUT2D eigenvalue weighted by molar-refractivity contribution is 0.0526. The highest BCUT2D eigenvalue weighted by molar-refractivity contribution is 5.89. The summed E-state index contributed by atoms with van der Waals surface area (Å²) in [7, 11) is 4.79. The molecule has 0 aliphatic carbocycles. The molecule has 1 N–H and O–H groups in total. The molecular weight excluding hydrogens is 490 g/mol. The first-order chi connectivity index (χ1) is 18.5. The number of carbonyl (C=O) groups excluding carboxylic acids is 1. The van der Waals surface area contributed by atoms with E-state index < -0.39 is 6.23 Å². The van der Waals surface area contributed by atoms with E-state index >= 15 is 0 Å². The molecule has 2 aliphatic heterocycles. The number of carbonyl (C=O) groups is 1. The van der Waals surface area contributed by atoms with Gasteiger partial charge in [0.15, 0.2) is 29.2 Å². The predicted molar refractivity (Wildman–Crippen MR) is 140 cm³/mol. The van der Waals surface area contributed by atoms with Crippen LogP contribution in [-0.4, -0.2) is 46.9 Å². The first-order valence-corrected chi connectivity index (χ1v) is 12.4. The second-order valence-electron chi connectivity index (χ2n) is 9.02. The normalized spacial score (nSPS) is 19.1. The van der Waals surface area contributed by atoms with Gasteiger partial charge in [-0.15, -0.1) is 0 Å². The average Bonchev–Trinajstić information content (AvgIpc) is 3.39. The van der Waals surface area contributed by atoms with Crippen LogP contribution < -0.4 is 33.7 Å². The molecule has 0 spiro atoms.